The Balaban J connectivity index is 1.69. The van der Waals surface area contributed by atoms with Crippen LogP contribution >= 0.6 is 11.3 Å². The van der Waals surface area contributed by atoms with Crippen LogP contribution in [0.1, 0.15) is 61.4 Å². The molecule has 0 atom stereocenters. The second-order valence-corrected chi connectivity index (χ2v) is 13.6. The second kappa shape index (κ2) is 10.8. The first-order valence-corrected chi connectivity index (χ1v) is 14.6. The van der Waals surface area contributed by atoms with Gasteiger partial charge in [0.1, 0.15) is 21.5 Å². The van der Waals surface area contributed by atoms with Crippen LogP contribution in [0, 0.1) is 11.7 Å². The van der Waals surface area contributed by atoms with Crippen LogP contribution in [0.5, 0.6) is 0 Å². The van der Waals surface area contributed by atoms with Gasteiger partial charge in [-0.15, -0.1) is 11.3 Å². The maximum absolute atomic E-state index is 15.4. The highest BCUT2D eigenvalue weighted by molar-refractivity contribution is 7.92. The molecule has 10 heteroatoms. The zero-order valence-electron chi connectivity index (χ0n) is 22.0. The molecular weight excluding hydrogens is 523 g/mol. The van der Waals surface area contributed by atoms with E-state index in [-0.39, 0.29) is 21.2 Å². The lowest BCUT2D eigenvalue weighted by molar-refractivity contribution is 0.0976. The minimum Gasteiger partial charge on any atom is -0.330 e. The van der Waals surface area contributed by atoms with Crippen LogP contribution in [-0.2, 0) is 28.4 Å². The largest absolute Gasteiger partial charge is 0.330 e. The highest BCUT2D eigenvalue weighted by Gasteiger charge is 2.27. The number of nitrogens with zero attached hydrogens (tertiary/aromatic N) is 3. The molecule has 7 nitrogen and oxygen atoms in total. The first-order valence-electron chi connectivity index (χ1n) is 12.3. The first-order chi connectivity index (χ1) is 17.8. The summed E-state index contributed by atoms with van der Waals surface area (Å²) in [6.07, 6.45) is 5.58. The maximum atomic E-state index is 15.4. The van der Waals surface area contributed by atoms with Crippen molar-refractivity contribution >= 4 is 27.3 Å². The smallest absolute Gasteiger partial charge is 0.283 e. The van der Waals surface area contributed by atoms with E-state index in [0.29, 0.717) is 29.7 Å². The molecule has 1 aromatic carbocycles. The van der Waals surface area contributed by atoms with Gasteiger partial charge in [0.05, 0.1) is 6.54 Å². The number of pyridine rings is 1. The van der Waals surface area contributed by atoms with Gasteiger partial charge < -0.3 is 4.57 Å². The van der Waals surface area contributed by atoms with Gasteiger partial charge in [-0.1, -0.05) is 52.8 Å². The van der Waals surface area contributed by atoms with Crippen molar-refractivity contribution in [1.82, 2.24) is 19.3 Å². The molecule has 38 heavy (non-hydrogen) atoms. The third-order valence-corrected chi connectivity index (χ3v) is 8.84. The lowest BCUT2D eigenvalue weighted by atomic mass is 9.95. The normalized spacial score (nSPS) is 12.2. The van der Waals surface area contributed by atoms with E-state index in [1.807, 2.05) is 45.4 Å². The van der Waals surface area contributed by atoms with Crippen molar-refractivity contribution in [2.45, 2.75) is 57.2 Å². The Morgan fingerprint density at radius 2 is 1.87 bits per heavy atom. The Kier molecular flexibility index (Phi) is 7.85. The highest BCUT2D eigenvalue weighted by Crippen LogP contribution is 2.37. The second-order valence-electron chi connectivity index (χ2n) is 10.6. The van der Waals surface area contributed by atoms with Gasteiger partial charge in [0.2, 0.25) is 0 Å². The first kappa shape index (κ1) is 27.7. The number of hydrogen-bond donors (Lipinski definition) is 1. The molecule has 0 unspecified atom stereocenters. The summed E-state index contributed by atoms with van der Waals surface area (Å²) < 4.78 is 46.1. The number of carbonyl (C=O) groups excluding carboxylic acids is 1. The molecule has 0 saturated carbocycles. The Bertz CT molecular complexity index is 1550. The summed E-state index contributed by atoms with van der Waals surface area (Å²) >= 11 is 1.09. The summed E-state index contributed by atoms with van der Waals surface area (Å²) in [6.45, 7) is 10.5. The molecule has 0 saturated heterocycles. The molecule has 4 aromatic rings. The van der Waals surface area contributed by atoms with Gasteiger partial charge in [-0.3, -0.25) is 9.78 Å². The molecule has 0 spiro atoms. The minimum absolute atomic E-state index is 0.0129. The summed E-state index contributed by atoms with van der Waals surface area (Å²) in [7, 11) is -4.24. The molecule has 1 N–H and O–H groups in total. The summed E-state index contributed by atoms with van der Waals surface area (Å²) in [6, 6.07) is 11.2. The van der Waals surface area contributed by atoms with Gasteiger partial charge in [0, 0.05) is 40.0 Å². The van der Waals surface area contributed by atoms with Crippen LogP contribution in [-0.4, -0.2) is 28.9 Å². The number of thiophene rings is 1. The van der Waals surface area contributed by atoms with E-state index in [1.165, 1.54) is 18.3 Å². The van der Waals surface area contributed by atoms with Crippen molar-refractivity contribution in [2.24, 2.45) is 5.92 Å². The highest BCUT2D eigenvalue weighted by atomic mass is 32.2. The number of sulfonamides is 1. The van der Waals surface area contributed by atoms with Crippen LogP contribution in [0.2, 0.25) is 0 Å². The quantitative estimate of drug-likeness (QED) is 0.297. The Hall–Kier alpha value is -3.37. The van der Waals surface area contributed by atoms with E-state index in [0.717, 1.165) is 22.0 Å². The zero-order valence-corrected chi connectivity index (χ0v) is 23.7. The van der Waals surface area contributed by atoms with Crippen molar-refractivity contribution in [3.05, 3.63) is 88.8 Å². The molecule has 3 aromatic heterocycles. The summed E-state index contributed by atoms with van der Waals surface area (Å²) in [4.78, 5) is 21.8. The Morgan fingerprint density at radius 1 is 1.11 bits per heavy atom. The lowest BCUT2D eigenvalue weighted by Gasteiger charge is -2.20. The van der Waals surface area contributed by atoms with Crippen molar-refractivity contribution in [3.63, 3.8) is 0 Å². The van der Waals surface area contributed by atoms with Crippen LogP contribution in [0.25, 0.3) is 11.1 Å². The lowest BCUT2D eigenvalue weighted by Crippen LogP contribution is -2.30. The van der Waals surface area contributed by atoms with Crippen molar-refractivity contribution in [3.8, 4) is 11.1 Å². The van der Waals surface area contributed by atoms with Gasteiger partial charge in [-0.2, -0.15) is 0 Å². The van der Waals surface area contributed by atoms with Crippen LogP contribution in [0.3, 0.4) is 0 Å². The number of rotatable bonds is 8. The summed E-state index contributed by atoms with van der Waals surface area (Å²) in [5.74, 6) is -0.152. The average molecular weight is 555 g/mol. The van der Waals surface area contributed by atoms with Crippen LogP contribution in [0.15, 0.2) is 65.3 Å². The van der Waals surface area contributed by atoms with Gasteiger partial charge in [0.25, 0.3) is 15.9 Å². The summed E-state index contributed by atoms with van der Waals surface area (Å²) in [5.41, 5.74) is 1.02. The van der Waals surface area contributed by atoms with Crippen molar-refractivity contribution < 1.29 is 17.6 Å². The number of imidazole rings is 1. The molecule has 0 aliphatic carbocycles. The van der Waals surface area contributed by atoms with E-state index in [4.69, 9.17) is 0 Å². The predicted molar refractivity (Wildman–Crippen MR) is 147 cm³/mol. The number of aromatic nitrogens is 3. The number of nitrogens with one attached hydrogen (secondary N) is 1. The Labute approximate surface area is 226 Å². The van der Waals surface area contributed by atoms with Crippen LogP contribution in [0.4, 0.5) is 4.39 Å². The number of halogens is 1. The minimum atomic E-state index is -4.24. The fourth-order valence-corrected chi connectivity index (χ4v) is 7.06. The number of benzene rings is 1. The predicted octanol–water partition coefficient (Wildman–Crippen LogP) is 5.81. The molecule has 4 rings (SSSR count). The molecule has 0 aliphatic heterocycles. The molecule has 0 radical (unpaired) electrons. The zero-order chi connectivity index (χ0) is 27.7. The number of carbonyl (C=O) groups is 1. The van der Waals surface area contributed by atoms with Crippen molar-refractivity contribution in [2.75, 3.05) is 0 Å². The van der Waals surface area contributed by atoms with E-state index in [9.17, 15) is 13.2 Å². The topological polar surface area (TPSA) is 94.0 Å². The fourth-order valence-electron chi connectivity index (χ4n) is 4.15. The van der Waals surface area contributed by atoms with Crippen molar-refractivity contribution in [1.29, 1.82) is 0 Å². The van der Waals surface area contributed by atoms with E-state index in [1.54, 1.807) is 36.5 Å². The average Bonchev–Trinajstić information content (AvgIpc) is 3.48. The van der Waals surface area contributed by atoms with E-state index >= 15 is 4.39 Å². The van der Waals surface area contributed by atoms with E-state index in [2.05, 4.69) is 14.7 Å². The molecule has 200 valence electrons. The summed E-state index contributed by atoms with van der Waals surface area (Å²) in [5, 5.41) is 0. The van der Waals surface area contributed by atoms with Gasteiger partial charge in [-0.05, 0) is 42.2 Å². The molecular formula is C28H31FN4O3S2. The molecule has 3 heterocycles. The molecule has 0 fully saturated rings. The van der Waals surface area contributed by atoms with Gasteiger partial charge in [0.15, 0.2) is 0 Å². The monoisotopic (exact) mass is 554 g/mol. The SMILES string of the molecule is CC(C)Cc1cc(-c2ccc(Cn3ccnc3C(C)(C)C)c(F)c2)c(S(=O)(=O)NC(=O)c2ccccn2)s1. The third kappa shape index (κ3) is 6.19. The molecule has 1 amide bonds. The number of amides is 1. The number of hydrogen-bond acceptors (Lipinski definition) is 6. The van der Waals surface area contributed by atoms with Crippen LogP contribution < -0.4 is 4.72 Å². The standard InChI is InChI=1S/C28H31FN4O3S2/c1-18(2)14-21-16-22(26(37-21)38(35,36)32-25(34)24-8-6-7-11-30-24)19-9-10-20(23(29)15-19)17-33-13-12-31-27(33)28(3,4)5/h6-13,15-16,18H,14,17H2,1-5H3,(H,32,34). The van der Waals surface area contributed by atoms with Gasteiger partial charge >= 0.3 is 0 Å². The molecule has 0 bridgehead atoms. The van der Waals surface area contributed by atoms with E-state index < -0.39 is 21.7 Å². The third-order valence-electron chi connectivity index (χ3n) is 5.82. The maximum Gasteiger partial charge on any atom is 0.283 e. The molecule has 0 aliphatic rings. The fraction of sp³-hybridized carbons (Fsp3) is 0.321. The van der Waals surface area contributed by atoms with Gasteiger partial charge in [-0.25, -0.2) is 22.5 Å². The Morgan fingerprint density at radius 3 is 2.50 bits per heavy atom.